The van der Waals surface area contributed by atoms with Crippen molar-refractivity contribution in [2.24, 2.45) is 5.92 Å². The number of aromatic nitrogens is 3. The number of halogens is 1. The Bertz CT molecular complexity index is 1300. The highest BCUT2D eigenvalue weighted by molar-refractivity contribution is 9.10. The minimum atomic E-state index is -0.430. The first-order valence-electron chi connectivity index (χ1n) is 10.4. The van der Waals surface area contributed by atoms with Crippen LogP contribution in [0.2, 0.25) is 0 Å². The summed E-state index contributed by atoms with van der Waals surface area (Å²) >= 11 is 5.22. The lowest BCUT2D eigenvalue weighted by atomic mass is 10.1. The lowest BCUT2D eigenvalue weighted by Crippen LogP contribution is -2.31. The van der Waals surface area contributed by atoms with Gasteiger partial charge in [0.2, 0.25) is 5.91 Å². The molecular formula is C22H22BrN5O3S. The van der Waals surface area contributed by atoms with Crippen molar-refractivity contribution in [2.45, 2.75) is 29.4 Å². The van der Waals surface area contributed by atoms with Crippen molar-refractivity contribution < 1.29 is 14.3 Å². The molecular weight excluding hydrogens is 494 g/mol. The van der Waals surface area contributed by atoms with E-state index in [0.29, 0.717) is 30.3 Å². The van der Waals surface area contributed by atoms with E-state index in [1.165, 1.54) is 0 Å². The van der Waals surface area contributed by atoms with Gasteiger partial charge in [-0.05, 0) is 59.0 Å². The van der Waals surface area contributed by atoms with E-state index < -0.39 is 6.61 Å². The van der Waals surface area contributed by atoms with Gasteiger partial charge >= 0.3 is 0 Å². The van der Waals surface area contributed by atoms with Crippen LogP contribution in [0.3, 0.4) is 0 Å². The average molecular weight is 516 g/mol. The Labute approximate surface area is 196 Å². The minimum Gasteiger partial charge on any atom is -0.464 e. The maximum atomic E-state index is 11.8. The molecule has 4 aromatic rings. The first-order valence-corrected chi connectivity index (χ1v) is 12.0. The van der Waals surface area contributed by atoms with Gasteiger partial charge in [-0.2, -0.15) is 0 Å². The van der Waals surface area contributed by atoms with Gasteiger partial charge in [-0.15, -0.1) is 0 Å². The molecule has 0 saturated carbocycles. The van der Waals surface area contributed by atoms with Gasteiger partial charge in [0, 0.05) is 40.6 Å². The SMILES string of the molecule is Nc1nccc2c1nc(Sc1cc3occc3cc1Br)n2CCC1CCN(C(=O)CO)C1. The van der Waals surface area contributed by atoms with Gasteiger partial charge in [-0.3, -0.25) is 4.79 Å². The number of hydrogen-bond acceptors (Lipinski definition) is 7. The van der Waals surface area contributed by atoms with E-state index in [2.05, 4.69) is 25.5 Å². The average Bonchev–Trinajstić information content (AvgIpc) is 3.51. The van der Waals surface area contributed by atoms with Crippen LogP contribution in [0.1, 0.15) is 12.8 Å². The Morgan fingerprint density at radius 3 is 3.09 bits per heavy atom. The third kappa shape index (κ3) is 3.98. The number of imidazole rings is 1. The number of nitrogens with zero attached hydrogens (tertiary/aromatic N) is 4. The lowest BCUT2D eigenvalue weighted by Gasteiger charge is -2.16. The van der Waals surface area contributed by atoms with Gasteiger partial charge in [0.25, 0.3) is 0 Å². The maximum Gasteiger partial charge on any atom is 0.248 e. The molecule has 0 bridgehead atoms. The number of hydrogen-bond donors (Lipinski definition) is 2. The first-order chi connectivity index (χ1) is 15.5. The molecule has 1 fully saturated rings. The van der Waals surface area contributed by atoms with Crippen molar-refractivity contribution in [2.75, 3.05) is 25.4 Å². The molecule has 3 N–H and O–H groups in total. The number of furan rings is 1. The van der Waals surface area contributed by atoms with Crippen molar-refractivity contribution in [3.05, 3.63) is 41.2 Å². The third-order valence-corrected chi connectivity index (χ3v) is 7.87. The predicted octanol–water partition coefficient (Wildman–Crippen LogP) is 3.90. The Kier molecular flexibility index (Phi) is 5.83. The third-order valence-electron chi connectivity index (χ3n) is 5.90. The molecule has 1 unspecified atom stereocenters. The van der Waals surface area contributed by atoms with E-state index in [0.717, 1.165) is 50.4 Å². The first kappa shape index (κ1) is 21.3. The molecule has 1 aromatic carbocycles. The molecule has 0 aliphatic carbocycles. The number of rotatable bonds is 6. The largest absolute Gasteiger partial charge is 0.464 e. The zero-order chi connectivity index (χ0) is 22.2. The van der Waals surface area contributed by atoms with Crippen molar-refractivity contribution in [1.82, 2.24) is 19.4 Å². The summed E-state index contributed by atoms with van der Waals surface area (Å²) in [6.07, 6.45) is 5.21. The van der Waals surface area contributed by atoms with Crippen LogP contribution in [-0.2, 0) is 11.3 Å². The minimum absolute atomic E-state index is 0.200. The summed E-state index contributed by atoms with van der Waals surface area (Å²) in [6, 6.07) is 7.91. The van der Waals surface area contributed by atoms with Gasteiger partial charge in [0.1, 0.15) is 17.7 Å². The Morgan fingerprint density at radius 1 is 1.38 bits per heavy atom. The quantitative estimate of drug-likeness (QED) is 0.400. The zero-order valence-electron chi connectivity index (χ0n) is 17.2. The summed E-state index contributed by atoms with van der Waals surface area (Å²) in [4.78, 5) is 23.5. The number of likely N-dealkylation sites (tertiary alicyclic amines) is 1. The highest BCUT2D eigenvalue weighted by Gasteiger charge is 2.26. The number of aryl methyl sites for hydroxylation is 1. The Balaban J connectivity index is 1.43. The Morgan fingerprint density at radius 2 is 2.25 bits per heavy atom. The van der Waals surface area contributed by atoms with Crippen LogP contribution in [0.25, 0.3) is 22.0 Å². The summed E-state index contributed by atoms with van der Waals surface area (Å²) < 4.78 is 8.71. The number of benzene rings is 1. The molecule has 3 aromatic heterocycles. The molecule has 0 radical (unpaired) electrons. The summed E-state index contributed by atoms with van der Waals surface area (Å²) in [5.41, 5.74) is 8.57. The molecule has 5 rings (SSSR count). The van der Waals surface area contributed by atoms with Crippen LogP contribution in [0.4, 0.5) is 5.82 Å². The number of aliphatic hydroxyl groups excluding tert-OH is 1. The van der Waals surface area contributed by atoms with E-state index in [-0.39, 0.29) is 5.91 Å². The standard InChI is InChI=1S/C22H22BrN5O3S/c23-15-9-14-4-8-31-17(14)10-18(15)32-22-26-20-16(1-5-25-21(20)24)28(22)7-3-13-2-6-27(11-13)19(30)12-29/h1,4-5,8-10,13,29H,2-3,6-7,11-12H2,(H2,24,25). The van der Waals surface area contributed by atoms with Crippen LogP contribution in [-0.4, -0.2) is 50.1 Å². The van der Waals surface area contributed by atoms with Crippen molar-refractivity contribution >= 4 is 61.4 Å². The molecule has 1 saturated heterocycles. The Hall–Kier alpha value is -2.56. The van der Waals surface area contributed by atoms with Gasteiger partial charge < -0.3 is 24.7 Å². The van der Waals surface area contributed by atoms with E-state index >= 15 is 0 Å². The van der Waals surface area contributed by atoms with Crippen molar-refractivity contribution in [1.29, 1.82) is 0 Å². The fraction of sp³-hybridized carbons (Fsp3) is 0.318. The normalized spacial score (nSPS) is 16.4. The maximum absolute atomic E-state index is 11.8. The van der Waals surface area contributed by atoms with Crippen molar-refractivity contribution in [3.63, 3.8) is 0 Å². The number of fused-ring (bicyclic) bond motifs is 2. The molecule has 10 heteroatoms. The van der Waals surface area contributed by atoms with Gasteiger partial charge in [0.15, 0.2) is 11.0 Å². The number of nitrogens with two attached hydrogens (primary N) is 1. The van der Waals surface area contributed by atoms with Gasteiger partial charge in [-0.1, -0.05) is 11.8 Å². The summed E-state index contributed by atoms with van der Waals surface area (Å²) in [5.74, 6) is 0.587. The summed E-state index contributed by atoms with van der Waals surface area (Å²) in [6.45, 7) is 1.69. The van der Waals surface area contributed by atoms with Crippen molar-refractivity contribution in [3.8, 4) is 0 Å². The van der Waals surface area contributed by atoms with Crippen LogP contribution < -0.4 is 5.73 Å². The fourth-order valence-corrected chi connectivity index (χ4v) is 5.75. The van der Waals surface area contributed by atoms with E-state index in [9.17, 15) is 4.79 Å². The second-order valence-corrected chi connectivity index (χ2v) is 9.76. The molecule has 1 amide bonds. The molecule has 1 atom stereocenters. The highest BCUT2D eigenvalue weighted by atomic mass is 79.9. The smallest absolute Gasteiger partial charge is 0.248 e. The number of nitrogen functional groups attached to an aromatic ring is 1. The molecule has 4 heterocycles. The molecule has 1 aliphatic rings. The predicted molar refractivity (Wildman–Crippen MR) is 126 cm³/mol. The fourth-order valence-electron chi connectivity index (χ4n) is 4.19. The second-order valence-electron chi connectivity index (χ2n) is 7.89. The van der Waals surface area contributed by atoms with Gasteiger partial charge in [-0.25, -0.2) is 9.97 Å². The van der Waals surface area contributed by atoms with Crippen LogP contribution >= 0.6 is 27.7 Å². The van der Waals surface area contributed by atoms with Crippen LogP contribution in [0.15, 0.2) is 55.7 Å². The van der Waals surface area contributed by atoms with E-state index in [1.807, 2.05) is 24.3 Å². The molecule has 166 valence electrons. The number of amides is 1. The van der Waals surface area contributed by atoms with Crippen LogP contribution in [0.5, 0.6) is 0 Å². The number of carbonyl (C=O) groups excluding carboxylic acids is 1. The van der Waals surface area contributed by atoms with E-state index in [4.69, 9.17) is 20.2 Å². The summed E-state index contributed by atoms with van der Waals surface area (Å²) in [7, 11) is 0. The molecule has 8 nitrogen and oxygen atoms in total. The molecule has 1 aliphatic heterocycles. The molecule has 0 spiro atoms. The zero-order valence-corrected chi connectivity index (χ0v) is 19.6. The number of pyridine rings is 1. The summed E-state index contributed by atoms with van der Waals surface area (Å²) in [5, 5.41) is 11.0. The monoisotopic (exact) mass is 515 g/mol. The van der Waals surface area contributed by atoms with Crippen LogP contribution in [0, 0.1) is 5.92 Å². The van der Waals surface area contributed by atoms with Gasteiger partial charge in [0.05, 0.1) is 11.8 Å². The number of carbonyl (C=O) groups is 1. The van der Waals surface area contributed by atoms with E-state index in [1.54, 1.807) is 29.1 Å². The number of anilines is 1. The second kappa shape index (κ2) is 8.76. The molecule has 32 heavy (non-hydrogen) atoms. The number of aliphatic hydroxyl groups is 1. The topological polar surface area (TPSA) is 110 Å². The lowest BCUT2D eigenvalue weighted by molar-refractivity contribution is -0.133. The highest BCUT2D eigenvalue weighted by Crippen LogP contribution is 2.38.